The third-order valence-corrected chi connectivity index (χ3v) is 1.40. The summed E-state index contributed by atoms with van der Waals surface area (Å²) in [6, 6.07) is 0. The molecule has 0 atom stereocenters. The van der Waals surface area contributed by atoms with Crippen molar-refractivity contribution in [2.45, 2.75) is 5.75 Å². The van der Waals surface area contributed by atoms with Crippen molar-refractivity contribution in [1.29, 1.82) is 0 Å². The van der Waals surface area contributed by atoms with E-state index in [0.29, 0.717) is 0 Å². The number of aryl methyl sites for hydroxylation is 1. The maximum atomic E-state index is 4.09. The topological polar surface area (TPSA) is 17.8 Å². The first-order chi connectivity index (χ1) is 3.84. The van der Waals surface area contributed by atoms with E-state index in [1.54, 1.807) is 6.33 Å². The van der Waals surface area contributed by atoms with E-state index in [-0.39, 0.29) is 0 Å². The normalized spacial score (nSPS) is 9.75. The van der Waals surface area contributed by atoms with Crippen LogP contribution in [0.25, 0.3) is 0 Å². The van der Waals surface area contributed by atoms with Crippen LogP contribution in [0, 0.1) is 0 Å². The van der Waals surface area contributed by atoms with Crippen molar-refractivity contribution in [3.8, 4) is 0 Å². The van der Waals surface area contributed by atoms with E-state index in [1.165, 1.54) is 0 Å². The third kappa shape index (κ3) is 0.865. The molecule has 0 aliphatic heterocycles. The lowest BCUT2D eigenvalue weighted by molar-refractivity contribution is 0.868. The van der Waals surface area contributed by atoms with Crippen LogP contribution in [-0.4, -0.2) is 9.55 Å². The van der Waals surface area contributed by atoms with Gasteiger partial charge in [0.15, 0.2) is 0 Å². The van der Waals surface area contributed by atoms with Gasteiger partial charge in [0.2, 0.25) is 0 Å². The summed E-state index contributed by atoms with van der Waals surface area (Å²) >= 11 is 4.09. The van der Waals surface area contributed by atoms with Crippen molar-refractivity contribution in [3.63, 3.8) is 0 Å². The Morgan fingerprint density at radius 2 is 2.62 bits per heavy atom. The molecule has 0 fully saturated rings. The van der Waals surface area contributed by atoms with Crippen LogP contribution in [0.5, 0.6) is 0 Å². The predicted octanol–water partition coefficient (Wildman–Crippen LogP) is 0.850. The van der Waals surface area contributed by atoms with Crippen molar-refractivity contribution in [3.05, 3.63) is 18.2 Å². The average Bonchev–Trinajstić information content (AvgIpc) is 2.14. The maximum Gasteiger partial charge on any atom is 0.0945 e. The van der Waals surface area contributed by atoms with Gasteiger partial charge in [0.05, 0.1) is 6.33 Å². The molecule has 0 bridgehead atoms. The van der Waals surface area contributed by atoms with E-state index in [2.05, 4.69) is 17.6 Å². The molecule has 0 unspecified atom stereocenters. The predicted molar refractivity (Wildman–Crippen MR) is 35.9 cm³/mol. The molecule has 8 heavy (non-hydrogen) atoms. The summed E-state index contributed by atoms with van der Waals surface area (Å²) in [4.78, 5) is 3.91. The highest BCUT2D eigenvalue weighted by molar-refractivity contribution is 7.79. The molecule has 0 aliphatic rings. The second-order valence-corrected chi connectivity index (χ2v) is 1.97. The highest BCUT2D eigenvalue weighted by Crippen LogP contribution is 1.98. The standard InChI is InChI=1S/C5H8N2S/c1-7-4-6-2-5(7)3-8/h2,4,8H,3H2,1H3. The van der Waals surface area contributed by atoms with Crippen LogP contribution in [0.15, 0.2) is 12.5 Å². The molecule has 0 aliphatic carbocycles. The molecule has 0 N–H and O–H groups in total. The number of imidazole rings is 1. The molecule has 1 aromatic heterocycles. The molecule has 0 aromatic carbocycles. The number of thiol groups is 1. The highest BCUT2D eigenvalue weighted by Gasteiger charge is 1.90. The molecule has 2 nitrogen and oxygen atoms in total. The van der Waals surface area contributed by atoms with E-state index in [9.17, 15) is 0 Å². The first kappa shape index (κ1) is 5.69. The fraction of sp³-hybridized carbons (Fsp3) is 0.400. The molecular weight excluding hydrogens is 120 g/mol. The van der Waals surface area contributed by atoms with Gasteiger partial charge in [-0.2, -0.15) is 12.6 Å². The minimum absolute atomic E-state index is 0.760. The molecule has 1 heterocycles. The van der Waals surface area contributed by atoms with Gasteiger partial charge in [-0.1, -0.05) is 0 Å². The van der Waals surface area contributed by atoms with Gasteiger partial charge < -0.3 is 4.57 Å². The zero-order valence-electron chi connectivity index (χ0n) is 4.70. The van der Waals surface area contributed by atoms with Crippen molar-refractivity contribution in [2.24, 2.45) is 7.05 Å². The van der Waals surface area contributed by atoms with Gasteiger partial charge in [-0.15, -0.1) is 0 Å². The Morgan fingerprint density at radius 1 is 1.88 bits per heavy atom. The Bertz CT molecular complexity index is 171. The van der Waals surface area contributed by atoms with Crippen LogP contribution >= 0.6 is 12.6 Å². The molecule has 0 amide bonds. The molecule has 1 rings (SSSR count). The summed E-state index contributed by atoms with van der Waals surface area (Å²) in [6.07, 6.45) is 3.58. The molecule has 0 radical (unpaired) electrons. The number of hydrogen-bond donors (Lipinski definition) is 1. The first-order valence-corrected chi connectivity index (χ1v) is 3.04. The summed E-state index contributed by atoms with van der Waals surface area (Å²) in [6.45, 7) is 0. The van der Waals surface area contributed by atoms with Crippen molar-refractivity contribution < 1.29 is 0 Å². The third-order valence-electron chi connectivity index (χ3n) is 1.08. The van der Waals surface area contributed by atoms with E-state index in [1.807, 2.05) is 17.8 Å². The Kier molecular flexibility index (Phi) is 1.58. The van der Waals surface area contributed by atoms with Gasteiger partial charge in [0.1, 0.15) is 0 Å². The summed E-state index contributed by atoms with van der Waals surface area (Å²) in [7, 11) is 1.96. The van der Waals surface area contributed by atoms with Gasteiger partial charge in [-0.25, -0.2) is 4.98 Å². The molecule has 0 saturated heterocycles. The monoisotopic (exact) mass is 128 g/mol. The van der Waals surface area contributed by atoms with Crippen LogP contribution < -0.4 is 0 Å². The van der Waals surface area contributed by atoms with Gasteiger partial charge in [-0.3, -0.25) is 0 Å². The average molecular weight is 128 g/mol. The van der Waals surface area contributed by atoms with E-state index in [4.69, 9.17) is 0 Å². The smallest absolute Gasteiger partial charge is 0.0945 e. The summed E-state index contributed by atoms with van der Waals surface area (Å²) in [5.74, 6) is 0.760. The Balaban J connectivity index is 2.92. The lowest BCUT2D eigenvalue weighted by Crippen LogP contribution is -1.89. The highest BCUT2D eigenvalue weighted by atomic mass is 32.1. The Morgan fingerprint density at radius 3 is 2.88 bits per heavy atom. The molecule has 0 saturated carbocycles. The largest absolute Gasteiger partial charge is 0.337 e. The second kappa shape index (κ2) is 2.22. The molecule has 3 heteroatoms. The number of aromatic nitrogens is 2. The fourth-order valence-corrected chi connectivity index (χ4v) is 0.842. The van der Waals surface area contributed by atoms with E-state index in [0.717, 1.165) is 11.4 Å². The van der Waals surface area contributed by atoms with Crippen molar-refractivity contribution >= 4 is 12.6 Å². The number of nitrogens with zero attached hydrogens (tertiary/aromatic N) is 2. The lowest BCUT2D eigenvalue weighted by atomic mass is 10.5. The Labute approximate surface area is 54.0 Å². The molecule has 44 valence electrons. The van der Waals surface area contributed by atoms with Crippen molar-refractivity contribution in [1.82, 2.24) is 9.55 Å². The number of rotatable bonds is 1. The van der Waals surface area contributed by atoms with Crippen LogP contribution in [0.3, 0.4) is 0 Å². The zero-order valence-corrected chi connectivity index (χ0v) is 5.60. The van der Waals surface area contributed by atoms with Gasteiger partial charge >= 0.3 is 0 Å². The summed E-state index contributed by atoms with van der Waals surface area (Å²) in [5, 5.41) is 0. The van der Waals surface area contributed by atoms with E-state index >= 15 is 0 Å². The first-order valence-electron chi connectivity index (χ1n) is 2.40. The zero-order chi connectivity index (χ0) is 5.98. The SMILES string of the molecule is Cn1cncc1CS. The van der Waals surface area contributed by atoms with Crippen LogP contribution in [0.1, 0.15) is 5.69 Å². The summed E-state index contributed by atoms with van der Waals surface area (Å²) in [5.41, 5.74) is 1.15. The number of hydrogen-bond acceptors (Lipinski definition) is 2. The fourth-order valence-electron chi connectivity index (χ4n) is 0.537. The van der Waals surface area contributed by atoms with Gasteiger partial charge in [0.25, 0.3) is 0 Å². The van der Waals surface area contributed by atoms with Crippen molar-refractivity contribution in [2.75, 3.05) is 0 Å². The van der Waals surface area contributed by atoms with Crippen LogP contribution in [-0.2, 0) is 12.8 Å². The minimum Gasteiger partial charge on any atom is -0.337 e. The van der Waals surface area contributed by atoms with Gasteiger partial charge in [0, 0.05) is 24.7 Å². The molecule has 0 spiro atoms. The van der Waals surface area contributed by atoms with Crippen LogP contribution in [0.4, 0.5) is 0 Å². The lowest BCUT2D eigenvalue weighted by Gasteiger charge is -1.92. The van der Waals surface area contributed by atoms with Gasteiger partial charge in [-0.05, 0) is 0 Å². The maximum absolute atomic E-state index is 4.09. The molecule has 1 aromatic rings. The summed E-state index contributed by atoms with van der Waals surface area (Å²) < 4.78 is 1.95. The van der Waals surface area contributed by atoms with Crippen LogP contribution in [0.2, 0.25) is 0 Å². The quantitative estimate of drug-likeness (QED) is 0.555. The van der Waals surface area contributed by atoms with E-state index < -0.39 is 0 Å². The Hall–Kier alpha value is -0.440. The molecular formula is C5H8N2S. The second-order valence-electron chi connectivity index (χ2n) is 1.65. The minimum atomic E-state index is 0.760.